The van der Waals surface area contributed by atoms with Gasteiger partial charge in [-0.1, -0.05) is 38.5 Å². The van der Waals surface area contributed by atoms with Gasteiger partial charge >= 0.3 is 0 Å². The second-order valence-corrected chi connectivity index (χ2v) is 11.0. The minimum atomic E-state index is 0.115. The Hall–Kier alpha value is -0.790. The highest BCUT2D eigenvalue weighted by Crippen LogP contribution is 2.40. The molecule has 2 saturated carbocycles. The lowest BCUT2D eigenvalue weighted by Crippen LogP contribution is -2.41. The third kappa shape index (κ3) is 4.99. The number of nitrogens with zero attached hydrogens (tertiary/aromatic N) is 2. The van der Waals surface area contributed by atoms with Crippen molar-refractivity contribution in [1.29, 1.82) is 0 Å². The number of hydrogen-bond donors (Lipinski definition) is 0. The molecular formula is C23H28Br2N2O2S. The van der Waals surface area contributed by atoms with E-state index in [1.54, 1.807) is 18.9 Å². The van der Waals surface area contributed by atoms with Gasteiger partial charge in [0.2, 0.25) is 0 Å². The third-order valence-electron chi connectivity index (χ3n) is 6.17. The van der Waals surface area contributed by atoms with Crippen molar-refractivity contribution in [2.45, 2.75) is 76.3 Å². The van der Waals surface area contributed by atoms with Crippen molar-refractivity contribution in [2.75, 3.05) is 7.11 Å². The summed E-state index contributed by atoms with van der Waals surface area (Å²) in [6.07, 6.45) is 13.9. The number of thioether (sulfide) groups is 1. The lowest BCUT2D eigenvalue weighted by atomic mass is 9.94. The molecule has 7 heteroatoms. The van der Waals surface area contributed by atoms with Crippen LogP contribution in [-0.4, -0.2) is 35.2 Å². The number of ether oxygens (including phenoxy) is 1. The predicted octanol–water partition coefficient (Wildman–Crippen LogP) is 7.16. The average Bonchev–Trinajstić information content (AvgIpc) is 3.04. The zero-order valence-corrected chi connectivity index (χ0v) is 21.3. The summed E-state index contributed by atoms with van der Waals surface area (Å²) in [5, 5.41) is 0.927. The van der Waals surface area contributed by atoms with Crippen LogP contribution in [0, 0.1) is 0 Å². The first kappa shape index (κ1) is 22.4. The van der Waals surface area contributed by atoms with Gasteiger partial charge in [0.1, 0.15) is 5.75 Å². The second kappa shape index (κ2) is 10.2. The first-order chi connectivity index (χ1) is 14.6. The predicted molar refractivity (Wildman–Crippen MR) is 132 cm³/mol. The van der Waals surface area contributed by atoms with Gasteiger partial charge in [0, 0.05) is 6.04 Å². The molecule has 3 fully saturated rings. The molecule has 0 spiro atoms. The highest BCUT2D eigenvalue weighted by atomic mass is 79.9. The summed E-state index contributed by atoms with van der Waals surface area (Å²) in [6.45, 7) is 0. The lowest BCUT2D eigenvalue weighted by Gasteiger charge is -2.31. The number of carbonyl (C=O) groups is 1. The second-order valence-electron chi connectivity index (χ2n) is 8.30. The highest BCUT2D eigenvalue weighted by Gasteiger charge is 2.39. The molecule has 1 aliphatic heterocycles. The van der Waals surface area contributed by atoms with Crippen molar-refractivity contribution in [2.24, 2.45) is 4.99 Å². The Labute approximate surface area is 200 Å². The number of methoxy groups -OCH3 is 1. The van der Waals surface area contributed by atoms with Gasteiger partial charge in [0.15, 0.2) is 5.17 Å². The summed E-state index contributed by atoms with van der Waals surface area (Å²) < 4.78 is 7.13. The molecule has 1 saturated heterocycles. The van der Waals surface area contributed by atoms with Gasteiger partial charge in [-0.3, -0.25) is 14.7 Å². The summed E-state index contributed by atoms with van der Waals surface area (Å²) in [5.74, 6) is 0.871. The van der Waals surface area contributed by atoms with Crippen molar-refractivity contribution in [3.63, 3.8) is 0 Å². The van der Waals surface area contributed by atoms with Crippen molar-refractivity contribution >= 4 is 60.8 Å². The fourth-order valence-corrected chi connectivity index (χ4v) is 7.27. The molecule has 0 radical (unpaired) electrons. The van der Waals surface area contributed by atoms with Crippen LogP contribution in [0.1, 0.15) is 69.8 Å². The van der Waals surface area contributed by atoms with Crippen LogP contribution in [0.25, 0.3) is 6.08 Å². The molecule has 0 unspecified atom stereocenters. The zero-order valence-electron chi connectivity index (χ0n) is 17.3. The molecule has 4 nitrogen and oxygen atoms in total. The van der Waals surface area contributed by atoms with Crippen LogP contribution in [0.3, 0.4) is 0 Å². The molecule has 4 rings (SSSR count). The molecular weight excluding hydrogens is 528 g/mol. The molecule has 30 heavy (non-hydrogen) atoms. The fraction of sp³-hybridized carbons (Fsp3) is 0.565. The van der Waals surface area contributed by atoms with Gasteiger partial charge in [0.05, 0.1) is 27.0 Å². The number of rotatable bonds is 4. The Morgan fingerprint density at radius 3 is 2.23 bits per heavy atom. The van der Waals surface area contributed by atoms with Gasteiger partial charge in [-0.05, 0) is 93.1 Å². The third-order valence-corrected chi connectivity index (χ3v) is 8.34. The largest absolute Gasteiger partial charge is 0.494 e. The number of halogens is 2. The van der Waals surface area contributed by atoms with E-state index in [1.807, 2.05) is 23.1 Å². The van der Waals surface area contributed by atoms with Crippen LogP contribution in [0.4, 0.5) is 0 Å². The van der Waals surface area contributed by atoms with Gasteiger partial charge in [-0.25, -0.2) is 0 Å². The van der Waals surface area contributed by atoms with E-state index in [4.69, 9.17) is 9.73 Å². The molecule has 1 heterocycles. The molecule has 2 aliphatic carbocycles. The maximum atomic E-state index is 13.5. The number of carbonyl (C=O) groups excluding carboxylic acids is 1. The van der Waals surface area contributed by atoms with E-state index in [0.717, 1.165) is 56.0 Å². The summed E-state index contributed by atoms with van der Waals surface area (Å²) >= 11 is 8.69. The van der Waals surface area contributed by atoms with E-state index in [1.165, 1.54) is 38.5 Å². The van der Waals surface area contributed by atoms with E-state index in [0.29, 0.717) is 12.1 Å². The Bertz CT molecular complexity index is 836. The molecule has 1 aromatic carbocycles. The number of benzene rings is 1. The molecule has 0 aromatic heterocycles. The summed E-state index contributed by atoms with van der Waals surface area (Å²) in [6, 6.07) is 4.64. The molecule has 0 bridgehead atoms. The normalized spacial score (nSPS) is 24.2. The van der Waals surface area contributed by atoms with Crippen LogP contribution in [0.15, 0.2) is 31.0 Å². The zero-order chi connectivity index (χ0) is 21.1. The highest BCUT2D eigenvalue weighted by molar-refractivity contribution is 9.11. The molecule has 1 amide bonds. The lowest BCUT2D eigenvalue weighted by molar-refractivity contribution is -0.124. The Balaban J connectivity index is 1.65. The first-order valence-corrected chi connectivity index (χ1v) is 13.3. The molecule has 3 aliphatic rings. The fourth-order valence-electron chi connectivity index (χ4n) is 4.61. The van der Waals surface area contributed by atoms with Gasteiger partial charge in [-0.15, -0.1) is 0 Å². The monoisotopic (exact) mass is 554 g/mol. The smallest absolute Gasteiger partial charge is 0.266 e. The number of hydrogen-bond acceptors (Lipinski definition) is 4. The standard InChI is InChI=1S/C23H28Br2N2O2S/c1-29-21-18(24)12-15(13-19(21)25)14-20-22(28)27(17-10-6-3-7-11-17)23(30-20)26-16-8-4-2-5-9-16/h12-14,16-17H,2-11H2,1H3. The minimum Gasteiger partial charge on any atom is -0.494 e. The average molecular weight is 556 g/mol. The number of amidine groups is 1. The van der Waals surface area contributed by atoms with Crippen LogP contribution in [0.2, 0.25) is 0 Å². The molecule has 1 aromatic rings. The Morgan fingerprint density at radius 1 is 1.03 bits per heavy atom. The van der Waals surface area contributed by atoms with Gasteiger partial charge in [-0.2, -0.15) is 0 Å². The summed E-state index contributed by atoms with van der Waals surface area (Å²) in [5.41, 5.74) is 0.966. The van der Waals surface area contributed by atoms with Crippen molar-refractivity contribution in [3.05, 3.63) is 31.5 Å². The molecule has 0 atom stereocenters. The van der Waals surface area contributed by atoms with Crippen LogP contribution >= 0.6 is 43.6 Å². The van der Waals surface area contributed by atoms with Gasteiger partial charge < -0.3 is 4.74 Å². The van der Waals surface area contributed by atoms with Crippen LogP contribution < -0.4 is 4.74 Å². The minimum absolute atomic E-state index is 0.115. The topological polar surface area (TPSA) is 41.9 Å². The van der Waals surface area contributed by atoms with E-state index in [-0.39, 0.29) is 5.91 Å². The van der Waals surface area contributed by atoms with E-state index in [9.17, 15) is 4.79 Å². The Morgan fingerprint density at radius 2 is 1.63 bits per heavy atom. The number of amides is 1. The molecule has 162 valence electrons. The molecule has 0 N–H and O–H groups in total. The van der Waals surface area contributed by atoms with Gasteiger partial charge in [0.25, 0.3) is 5.91 Å². The van der Waals surface area contributed by atoms with Crippen LogP contribution in [0.5, 0.6) is 5.75 Å². The van der Waals surface area contributed by atoms with Crippen molar-refractivity contribution < 1.29 is 9.53 Å². The maximum absolute atomic E-state index is 13.5. The van der Waals surface area contributed by atoms with Crippen LogP contribution in [-0.2, 0) is 4.79 Å². The van der Waals surface area contributed by atoms with E-state index >= 15 is 0 Å². The summed E-state index contributed by atoms with van der Waals surface area (Å²) in [7, 11) is 1.65. The van der Waals surface area contributed by atoms with E-state index < -0.39 is 0 Å². The quantitative estimate of drug-likeness (QED) is 0.370. The van der Waals surface area contributed by atoms with E-state index in [2.05, 4.69) is 31.9 Å². The summed E-state index contributed by atoms with van der Waals surface area (Å²) in [4.78, 5) is 21.4. The Kier molecular flexibility index (Phi) is 7.63. The maximum Gasteiger partial charge on any atom is 0.266 e. The van der Waals surface area contributed by atoms with Crippen molar-refractivity contribution in [1.82, 2.24) is 4.90 Å². The number of aliphatic imine (C=N–C) groups is 1. The first-order valence-electron chi connectivity index (χ1n) is 10.9. The SMILES string of the molecule is COc1c(Br)cc(C=C2SC(=NC3CCCCC3)N(C3CCCCC3)C2=O)cc1Br. The van der Waals surface area contributed by atoms with Crippen molar-refractivity contribution in [3.8, 4) is 5.75 Å².